The SMILES string of the molecule is Nc1ncnc2c1ncn2C1OC(CNCn2cnc3c(=O)[nH]c(=O)[nH]c32)C(O)C1O. The number of nitrogens with two attached hydrogens (primary N) is 1. The van der Waals surface area contributed by atoms with E-state index in [0.717, 1.165) is 0 Å². The van der Waals surface area contributed by atoms with Crippen molar-refractivity contribution in [3.05, 3.63) is 39.8 Å². The second kappa shape index (κ2) is 7.24. The standard InChI is InChI=1S/C16H18N10O5/c17-11-7-12(20-2-19-11)26(5-22-7)15-10(28)9(27)6(31-15)1-18-3-25-4-21-8-13(25)23-16(30)24-14(8)29/h2,4-6,9-10,15,18,27-28H,1,3H2,(H2,17,19,20)(H2,23,24,29,30). The number of anilines is 1. The zero-order valence-electron chi connectivity index (χ0n) is 15.8. The van der Waals surface area contributed by atoms with Crippen LogP contribution in [0.25, 0.3) is 22.3 Å². The van der Waals surface area contributed by atoms with Crippen molar-refractivity contribution in [3.8, 4) is 0 Å². The number of aliphatic hydroxyl groups excluding tert-OH is 2. The molecule has 162 valence electrons. The molecular formula is C16H18N10O5. The van der Waals surface area contributed by atoms with Gasteiger partial charge < -0.3 is 25.3 Å². The number of hydrogen-bond acceptors (Lipinski definition) is 11. The Morgan fingerprint density at radius 2 is 1.90 bits per heavy atom. The highest BCUT2D eigenvalue weighted by Crippen LogP contribution is 2.31. The molecule has 7 N–H and O–H groups in total. The number of aromatic amines is 2. The molecule has 0 aliphatic carbocycles. The number of nitrogens with one attached hydrogen (secondary N) is 3. The quantitative estimate of drug-likeness (QED) is 0.187. The van der Waals surface area contributed by atoms with Crippen molar-refractivity contribution in [2.24, 2.45) is 0 Å². The molecule has 1 aliphatic rings. The number of hydrogen-bond donors (Lipinski definition) is 6. The normalized spacial score (nSPS) is 23.8. The topological polar surface area (TPSA) is 215 Å². The van der Waals surface area contributed by atoms with Crippen molar-refractivity contribution in [1.82, 2.24) is 44.4 Å². The van der Waals surface area contributed by atoms with Gasteiger partial charge in [0.2, 0.25) is 0 Å². The maximum absolute atomic E-state index is 11.8. The highest BCUT2D eigenvalue weighted by molar-refractivity contribution is 5.81. The number of aliphatic hydroxyl groups is 2. The molecule has 0 spiro atoms. The predicted octanol–water partition coefficient (Wildman–Crippen LogP) is -3.00. The van der Waals surface area contributed by atoms with Gasteiger partial charge in [-0.15, -0.1) is 0 Å². The molecular weight excluding hydrogens is 412 g/mol. The summed E-state index contributed by atoms with van der Waals surface area (Å²) in [6.45, 7) is 0.326. The molecule has 4 unspecified atom stereocenters. The predicted molar refractivity (Wildman–Crippen MR) is 105 cm³/mol. The zero-order chi connectivity index (χ0) is 21.7. The Kier molecular flexibility index (Phi) is 4.51. The number of imidazole rings is 2. The van der Waals surface area contributed by atoms with Gasteiger partial charge in [0.1, 0.15) is 35.8 Å². The second-order valence-electron chi connectivity index (χ2n) is 7.06. The number of ether oxygens (including phenoxy) is 1. The van der Waals surface area contributed by atoms with Crippen LogP contribution in [0.5, 0.6) is 0 Å². The minimum absolute atomic E-state index is 0.0993. The van der Waals surface area contributed by atoms with Gasteiger partial charge in [0, 0.05) is 6.54 Å². The zero-order valence-corrected chi connectivity index (χ0v) is 15.8. The van der Waals surface area contributed by atoms with E-state index < -0.39 is 35.8 Å². The maximum Gasteiger partial charge on any atom is 0.327 e. The third-order valence-electron chi connectivity index (χ3n) is 5.14. The first-order valence-electron chi connectivity index (χ1n) is 9.27. The summed E-state index contributed by atoms with van der Waals surface area (Å²) >= 11 is 0. The average molecular weight is 430 g/mol. The lowest BCUT2D eigenvalue weighted by molar-refractivity contribution is -0.0345. The molecule has 5 heterocycles. The third kappa shape index (κ3) is 3.15. The van der Waals surface area contributed by atoms with Crippen molar-refractivity contribution in [2.45, 2.75) is 31.2 Å². The Labute approximate surface area is 171 Å². The summed E-state index contributed by atoms with van der Waals surface area (Å²) in [5.74, 6) is 0.194. The number of nitrogen functional groups attached to an aromatic ring is 1. The van der Waals surface area contributed by atoms with Crippen LogP contribution in [0.15, 0.2) is 28.6 Å². The first-order valence-corrected chi connectivity index (χ1v) is 9.27. The Morgan fingerprint density at radius 3 is 2.74 bits per heavy atom. The number of fused-ring (bicyclic) bond motifs is 2. The highest BCUT2D eigenvalue weighted by Gasteiger charge is 2.44. The molecule has 1 fully saturated rings. The lowest BCUT2D eigenvalue weighted by Gasteiger charge is -2.16. The summed E-state index contributed by atoms with van der Waals surface area (Å²) in [6, 6.07) is 0. The summed E-state index contributed by atoms with van der Waals surface area (Å²) in [7, 11) is 0. The Balaban J connectivity index is 1.30. The fourth-order valence-electron chi connectivity index (χ4n) is 3.61. The van der Waals surface area contributed by atoms with E-state index in [1.165, 1.54) is 28.1 Å². The van der Waals surface area contributed by atoms with Gasteiger partial charge in [0.15, 0.2) is 23.2 Å². The molecule has 5 rings (SSSR count). The van der Waals surface area contributed by atoms with Crippen molar-refractivity contribution in [1.29, 1.82) is 0 Å². The van der Waals surface area contributed by atoms with Crippen molar-refractivity contribution in [2.75, 3.05) is 12.3 Å². The summed E-state index contributed by atoms with van der Waals surface area (Å²) < 4.78 is 8.86. The van der Waals surface area contributed by atoms with Crippen LogP contribution in [0.1, 0.15) is 6.23 Å². The molecule has 15 heteroatoms. The molecule has 0 saturated carbocycles. The summed E-state index contributed by atoms with van der Waals surface area (Å²) in [5, 5.41) is 24.0. The molecule has 0 amide bonds. The van der Waals surface area contributed by atoms with E-state index >= 15 is 0 Å². The smallest absolute Gasteiger partial charge is 0.327 e. The van der Waals surface area contributed by atoms with Gasteiger partial charge in [-0.25, -0.2) is 24.7 Å². The van der Waals surface area contributed by atoms with Crippen molar-refractivity contribution < 1.29 is 14.9 Å². The van der Waals surface area contributed by atoms with Crippen LogP contribution >= 0.6 is 0 Å². The number of aromatic nitrogens is 8. The van der Waals surface area contributed by atoms with Crippen LogP contribution in [0, 0.1) is 0 Å². The summed E-state index contributed by atoms with van der Waals surface area (Å²) in [4.78, 5) is 44.0. The van der Waals surface area contributed by atoms with E-state index in [-0.39, 0.29) is 30.2 Å². The van der Waals surface area contributed by atoms with E-state index in [9.17, 15) is 19.8 Å². The first kappa shape index (κ1) is 19.3. The highest BCUT2D eigenvalue weighted by atomic mass is 16.6. The van der Waals surface area contributed by atoms with Crippen molar-refractivity contribution >= 4 is 28.1 Å². The van der Waals surface area contributed by atoms with Gasteiger partial charge in [-0.3, -0.25) is 24.6 Å². The minimum atomic E-state index is -1.23. The molecule has 4 aromatic rings. The van der Waals surface area contributed by atoms with E-state index in [4.69, 9.17) is 10.5 Å². The van der Waals surface area contributed by atoms with Gasteiger partial charge in [0.25, 0.3) is 5.56 Å². The number of rotatable bonds is 5. The Bertz CT molecular complexity index is 1370. The molecule has 0 bridgehead atoms. The second-order valence-corrected chi connectivity index (χ2v) is 7.06. The van der Waals surface area contributed by atoms with Gasteiger partial charge in [-0.05, 0) is 0 Å². The fraction of sp³-hybridized carbons (Fsp3) is 0.375. The first-order chi connectivity index (χ1) is 14.9. The van der Waals surface area contributed by atoms with Gasteiger partial charge >= 0.3 is 5.69 Å². The van der Waals surface area contributed by atoms with Crippen LogP contribution in [-0.2, 0) is 11.4 Å². The van der Waals surface area contributed by atoms with Gasteiger partial charge in [-0.1, -0.05) is 0 Å². The van der Waals surface area contributed by atoms with Gasteiger partial charge in [0.05, 0.1) is 19.3 Å². The molecule has 1 saturated heterocycles. The Morgan fingerprint density at radius 1 is 1.10 bits per heavy atom. The molecule has 0 radical (unpaired) electrons. The lowest BCUT2D eigenvalue weighted by atomic mass is 10.1. The van der Waals surface area contributed by atoms with Crippen LogP contribution in [0.4, 0.5) is 5.82 Å². The average Bonchev–Trinajstić information content (AvgIpc) is 3.41. The minimum Gasteiger partial charge on any atom is -0.387 e. The lowest BCUT2D eigenvalue weighted by Crippen LogP contribution is -2.38. The van der Waals surface area contributed by atoms with E-state index in [1.807, 2.05) is 0 Å². The Hall–Kier alpha value is -3.66. The van der Waals surface area contributed by atoms with E-state index in [0.29, 0.717) is 11.2 Å². The molecule has 4 aromatic heterocycles. The number of nitrogens with zero attached hydrogens (tertiary/aromatic N) is 6. The largest absolute Gasteiger partial charge is 0.387 e. The monoisotopic (exact) mass is 430 g/mol. The fourth-order valence-corrected chi connectivity index (χ4v) is 3.61. The molecule has 0 aromatic carbocycles. The van der Waals surface area contributed by atoms with Crippen LogP contribution < -0.4 is 22.3 Å². The maximum atomic E-state index is 11.8. The molecule has 1 aliphatic heterocycles. The van der Waals surface area contributed by atoms with Gasteiger partial charge in [-0.2, -0.15) is 0 Å². The van der Waals surface area contributed by atoms with E-state index in [1.54, 1.807) is 0 Å². The third-order valence-corrected chi connectivity index (χ3v) is 5.14. The molecule has 31 heavy (non-hydrogen) atoms. The molecule has 15 nitrogen and oxygen atoms in total. The van der Waals surface area contributed by atoms with Crippen LogP contribution in [-0.4, -0.2) is 74.1 Å². The number of H-pyrrole nitrogens is 2. The van der Waals surface area contributed by atoms with Crippen molar-refractivity contribution in [3.63, 3.8) is 0 Å². The summed E-state index contributed by atoms with van der Waals surface area (Å²) in [5.41, 5.74) is 5.65. The van der Waals surface area contributed by atoms with Crippen LogP contribution in [0.3, 0.4) is 0 Å². The molecule has 4 atom stereocenters. The van der Waals surface area contributed by atoms with Crippen LogP contribution in [0.2, 0.25) is 0 Å². The summed E-state index contributed by atoms with van der Waals surface area (Å²) in [6.07, 6.45) is -0.0110. The van der Waals surface area contributed by atoms with E-state index in [2.05, 4.69) is 35.2 Å².